The molecule has 19 heavy (non-hydrogen) atoms. The van der Waals surface area contributed by atoms with Crippen LogP contribution in [0.1, 0.15) is 12.8 Å². The van der Waals surface area contributed by atoms with Gasteiger partial charge in [-0.05, 0) is 18.9 Å². The van der Waals surface area contributed by atoms with E-state index in [2.05, 4.69) is 19.9 Å². The van der Waals surface area contributed by atoms with Gasteiger partial charge in [-0.25, -0.2) is 9.97 Å². The van der Waals surface area contributed by atoms with E-state index in [1.807, 2.05) is 24.5 Å². The first kappa shape index (κ1) is 12.0. The molecule has 0 spiro atoms. The van der Waals surface area contributed by atoms with Crippen molar-refractivity contribution < 1.29 is 5.11 Å². The molecular formula is C14H16N4O. The maximum Gasteiger partial charge on any atom is 0.225 e. The summed E-state index contributed by atoms with van der Waals surface area (Å²) in [5.41, 5.74) is 1.96. The van der Waals surface area contributed by atoms with Crippen LogP contribution in [-0.2, 0) is 0 Å². The van der Waals surface area contributed by atoms with Gasteiger partial charge in [0, 0.05) is 42.5 Å². The molecule has 1 saturated heterocycles. The number of hydrogen-bond donors (Lipinski definition) is 1. The molecule has 0 amide bonds. The Morgan fingerprint density at radius 2 is 2.05 bits per heavy atom. The van der Waals surface area contributed by atoms with E-state index >= 15 is 0 Å². The highest BCUT2D eigenvalue weighted by Gasteiger charge is 2.25. The van der Waals surface area contributed by atoms with E-state index in [-0.39, 0.29) is 12.6 Å². The minimum absolute atomic E-state index is 0.157. The van der Waals surface area contributed by atoms with Crippen molar-refractivity contribution in [3.05, 3.63) is 36.9 Å². The Bertz CT molecular complexity index is 529. The smallest absolute Gasteiger partial charge is 0.225 e. The Morgan fingerprint density at radius 3 is 2.74 bits per heavy atom. The number of aliphatic hydroxyl groups excluding tert-OH is 1. The average molecular weight is 256 g/mol. The SMILES string of the molecule is OCC1CCCN1c1ncc(-c2cccnc2)cn1. The van der Waals surface area contributed by atoms with Crippen LogP contribution in [0, 0.1) is 0 Å². The van der Waals surface area contributed by atoms with Crippen LogP contribution in [0.2, 0.25) is 0 Å². The molecule has 1 unspecified atom stereocenters. The second kappa shape index (κ2) is 5.32. The van der Waals surface area contributed by atoms with Crippen LogP contribution >= 0.6 is 0 Å². The van der Waals surface area contributed by atoms with Gasteiger partial charge >= 0.3 is 0 Å². The van der Waals surface area contributed by atoms with Crippen LogP contribution in [0.15, 0.2) is 36.9 Å². The molecule has 0 aliphatic carbocycles. The van der Waals surface area contributed by atoms with Crippen LogP contribution in [0.5, 0.6) is 0 Å². The van der Waals surface area contributed by atoms with Crippen molar-refractivity contribution in [2.75, 3.05) is 18.1 Å². The quantitative estimate of drug-likeness (QED) is 0.901. The van der Waals surface area contributed by atoms with Gasteiger partial charge in [0.05, 0.1) is 12.6 Å². The van der Waals surface area contributed by atoms with Crippen molar-refractivity contribution in [2.24, 2.45) is 0 Å². The number of rotatable bonds is 3. The molecule has 3 heterocycles. The molecule has 0 radical (unpaired) electrons. The standard InChI is InChI=1S/C14H16N4O/c19-10-13-4-2-6-18(13)14-16-8-12(9-17-14)11-3-1-5-15-7-11/h1,3,5,7-9,13,19H,2,4,6,10H2. The fourth-order valence-electron chi connectivity index (χ4n) is 2.44. The summed E-state index contributed by atoms with van der Waals surface area (Å²) >= 11 is 0. The number of aliphatic hydroxyl groups is 1. The Morgan fingerprint density at radius 1 is 1.21 bits per heavy atom. The van der Waals surface area contributed by atoms with Gasteiger partial charge in [0.2, 0.25) is 5.95 Å². The highest BCUT2D eigenvalue weighted by molar-refractivity contribution is 5.60. The Hall–Kier alpha value is -2.01. The van der Waals surface area contributed by atoms with Gasteiger partial charge in [0.15, 0.2) is 0 Å². The molecule has 1 N–H and O–H groups in total. The molecule has 3 rings (SSSR count). The molecule has 2 aromatic rings. The first-order valence-corrected chi connectivity index (χ1v) is 6.48. The van der Waals surface area contributed by atoms with E-state index in [9.17, 15) is 5.11 Å². The maximum absolute atomic E-state index is 9.32. The lowest BCUT2D eigenvalue weighted by molar-refractivity contribution is 0.265. The zero-order chi connectivity index (χ0) is 13.1. The molecular weight excluding hydrogens is 240 g/mol. The lowest BCUT2D eigenvalue weighted by atomic mass is 10.2. The van der Waals surface area contributed by atoms with Gasteiger partial charge < -0.3 is 10.0 Å². The number of hydrogen-bond acceptors (Lipinski definition) is 5. The molecule has 1 fully saturated rings. The first-order chi connectivity index (χ1) is 9.38. The number of anilines is 1. The van der Waals surface area contributed by atoms with E-state index < -0.39 is 0 Å². The molecule has 5 nitrogen and oxygen atoms in total. The Kier molecular flexibility index (Phi) is 3.37. The highest BCUT2D eigenvalue weighted by atomic mass is 16.3. The predicted molar refractivity (Wildman–Crippen MR) is 72.7 cm³/mol. The van der Waals surface area contributed by atoms with E-state index in [1.165, 1.54) is 0 Å². The van der Waals surface area contributed by atoms with Gasteiger partial charge in [-0.1, -0.05) is 6.07 Å². The summed E-state index contributed by atoms with van der Waals surface area (Å²) < 4.78 is 0. The molecule has 0 bridgehead atoms. The number of nitrogens with zero attached hydrogens (tertiary/aromatic N) is 4. The summed E-state index contributed by atoms with van der Waals surface area (Å²) in [7, 11) is 0. The van der Waals surface area contributed by atoms with Crippen LogP contribution in [0.4, 0.5) is 5.95 Å². The summed E-state index contributed by atoms with van der Waals surface area (Å²) in [5.74, 6) is 0.698. The lowest BCUT2D eigenvalue weighted by Gasteiger charge is -2.22. The topological polar surface area (TPSA) is 62.1 Å². The fraction of sp³-hybridized carbons (Fsp3) is 0.357. The second-order valence-electron chi connectivity index (χ2n) is 4.69. The van der Waals surface area contributed by atoms with Crippen molar-refractivity contribution >= 4 is 5.95 Å². The summed E-state index contributed by atoms with van der Waals surface area (Å²) in [4.78, 5) is 15.0. The Balaban J connectivity index is 1.83. The summed E-state index contributed by atoms with van der Waals surface area (Å²) in [5, 5.41) is 9.32. The van der Waals surface area contributed by atoms with Crippen molar-refractivity contribution in [3.8, 4) is 11.1 Å². The largest absolute Gasteiger partial charge is 0.394 e. The van der Waals surface area contributed by atoms with Crippen molar-refractivity contribution in [3.63, 3.8) is 0 Å². The van der Waals surface area contributed by atoms with Crippen LogP contribution in [-0.4, -0.2) is 39.3 Å². The normalized spacial score (nSPS) is 18.8. The van der Waals surface area contributed by atoms with Crippen LogP contribution in [0.25, 0.3) is 11.1 Å². The molecule has 98 valence electrons. The highest BCUT2D eigenvalue weighted by Crippen LogP contribution is 2.23. The maximum atomic E-state index is 9.32. The van der Waals surface area contributed by atoms with Gasteiger partial charge in [0.25, 0.3) is 0 Å². The van der Waals surface area contributed by atoms with Gasteiger partial charge in [-0.15, -0.1) is 0 Å². The third kappa shape index (κ3) is 2.42. The molecule has 5 heteroatoms. The first-order valence-electron chi connectivity index (χ1n) is 6.48. The van der Waals surface area contributed by atoms with Crippen LogP contribution < -0.4 is 4.90 Å². The van der Waals surface area contributed by atoms with Gasteiger partial charge in [-0.3, -0.25) is 4.98 Å². The third-order valence-electron chi connectivity index (χ3n) is 3.48. The zero-order valence-electron chi connectivity index (χ0n) is 10.6. The predicted octanol–water partition coefficient (Wildman–Crippen LogP) is 1.50. The molecule has 0 aromatic carbocycles. The minimum atomic E-state index is 0.157. The van der Waals surface area contributed by atoms with E-state index in [4.69, 9.17) is 0 Å². The molecule has 1 aliphatic rings. The van der Waals surface area contributed by atoms with Crippen LogP contribution in [0.3, 0.4) is 0 Å². The molecule has 2 aromatic heterocycles. The summed E-state index contributed by atoms with van der Waals surface area (Å²) in [6.45, 7) is 1.07. The number of aromatic nitrogens is 3. The summed E-state index contributed by atoms with van der Waals surface area (Å²) in [6, 6.07) is 4.03. The zero-order valence-corrected chi connectivity index (χ0v) is 10.6. The van der Waals surface area contributed by atoms with Gasteiger partial charge in [-0.2, -0.15) is 0 Å². The molecule has 0 saturated carbocycles. The molecule has 1 atom stereocenters. The molecule has 1 aliphatic heterocycles. The third-order valence-corrected chi connectivity index (χ3v) is 3.48. The summed E-state index contributed by atoms with van der Waals surface area (Å²) in [6.07, 6.45) is 9.25. The number of pyridine rings is 1. The second-order valence-corrected chi connectivity index (χ2v) is 4.69. The van der Waals surface area contributed by atoms with Crippen molar-refractivity contribution in [1.82, 2.24) is 15.0 Å². The lowest BCUT2D eigenvalue weighted by Crippen LogP contribution is -2.33. The van der Waals surface area contributed by atoms with Gasteiger partial charge in [0.1, 0.15) is 0 Å². The average Bonchev–Trinajstić information content (AvgIpc) is 2.97. The fourth-order valence-corrected chi connectivity index (χ4v) is 2.44. The minimum Gasteiger partial charge on any atom is -0.394 e. The van der Waals surface area contributed by atoms with Crippen molar-refractivity contribution in [1.29, 1.82) is 0 Å². The van der Waals surface area contributed by atoms with E-state index in [0.717, 1.165) is 30.5 Å². The van der Waals surface area contributed by atoms with Crippen molar-refractivity contribution in [2.45, 2.75) is 18.9 Å². The van der Waals surface area contributed by atoms with E-state index in [0.29, 0.717) is 5.95 Å². The monoisotopic (exact) mass is 256 g/mol. The van der Waals surface area contributed by atoms with E-state index in [1.54, 1.807) is 12.4 Å². The Labute approximate surface area is 112 Å².